The van der Waals surface area contributed by atoms with Gasteiger partial charge < -0.3 is 4.74 Å². The Morgan fingerprint density at radius 2 is 2.00 bits per heavy atom. The third-order valence-corrected chi connectivity index (χ3v) is 3.91. The highest BCUT2D eigenvalue weighted by Crippen LogP contribution is 2.33. The first kappa shape index (κ1) is 10.5. The van der Waals surface area contributed by atoms with E-state index >= 15 is 0 Å². The normalized spacial score (nSPS) is 22.1. The summed E-state index contributed by atoms with van der Waals surface area (Å²) < 4.78 is 6.97. The van der Waals surface area contributed by atoms with Crippen LogP contribution >= 0.6 is 22.6 Å². The molecule has 0 aromatic rings. The minimum absolute atomic E-state index is 0.188. The van der Waals surface area contributed by atoms with E-state index in [2.05, 4.69) is 29.2 Å². The van der Waals surface area contributed by atoms with Gasteiger partial charge >= 0.3 is 0 Å². The number of halogens is 1. The Kier molecular flexibility index (Phi) is 4.57. The fraction of sp³-hybridized carbons (Fsp3) is 0.800. The van der Waals surface area contributed by atoms with Crippen molar-refractivity contribution in [3.63, 3.8) is 0 Å². The zero-order valence-corrected chi connectivity index (χ0v) is 9.68. The fourth-order valence-electron chi connectivity index (χ4n) is 1.75. The minimum Gasteiger partial charge on any atom is -0.370 e. The molecule has 1 rings (SSSR count). The Balaban J connectivity index is 2.41. The van der Waals surface area contributed by atoms with E-state index in [1.807, 2.05) is 6.08 Å². The molecule has 0 atom stereocenters. The molecular weight excluding hydrogens is 263 g/mol. The summed E-state index contributed by atoms with van der Waals surface area (Å²) in [6.07, 6.45) is 8.38. The molecule has 0 bridgehead atoms. The van der Waals surface area contributed by atoms with Gasteiger partial charge in [-0.3, -0.25) is 0 Å². The summed E-state index contributed by atoms with van der Waals surface area (Å²) in [5.74, 6) is 0. The van der Waals surface area contributed by atoms with E-state index in [9.17, 15) is 0 Å². The number of ether oxygens (including phenoxy) is 1. The second kappa shape index (κ2) is 5.22. The number of hydrogen-bond donors (Lipinski definition) is 0. The fourth-order valence-corrected chi connectivity index (χ4v) is 2.73. The van der Waals surface area contributed by atoms with Gasteiger partial charge in [0.15, 0.2) is 0 Å². The van der Waals surface area contributed by atoms with Crippen LogP contribution < -0.4 is 0 Å². The van der Waals surface area contributed by atoms with Crippen molar-refractivity contribution in [3.8, 4) is 0 Å². The van der Waals surface area contributed by atoms with E-state index in [4.69, 9.17) is 4.74 Å². The Hall–Kier alpha value is 0.430. The molecule has 1 fully saturated rings. The van der Waals surface area contributed by atoms with Gasteiger partial charge in [0.2, 0.25) is 0 Å². The van der Waals surface area contributed by atoms with Crippen LogP contribution in [-0.4, -0.2) is 16.6 Å². The van der Waals surface area contributed by atoms with Crippen LogP contribution in [-0.2, 0) is 4.74 Å². The highest BCUT2D eigenvalue weighted by atomic mass is 127. The predicted molar refractivity (Wildman–Crippen MR) is 60.9 cm³/mol. The maximum Gasteiger partial charge on any atom is 0.0775 e. The van der Waals surface area contributed by atoms with Crippen molar-refractivity contribution in [1.82, 2.24) is 0 Å². The SMILES string of the molecule is C=CCOC1(CI)CCCCC1. The number of alkyl halides is 1. The molecule has 0 aromatic carbocycles. The summed E-state index contributed by atoms with van der Waals surface area (Å²) in [6.45, 7) is 4.39. The van der Waals surface area contributed by atoms with E-state index in [1.165, 1.54) is 32.1 Å². The summed E-state index contributed by atoms with van der Waals surface area (Å²) in [5, 5.41) is 0. The maximum atomic E-state index is 5.84. The van der Waals surface area contributed by atoms with Gasteiger partial charge in [0.1, 0.15) is 0 Å². The third kappa shape index (κ3) is 2.73. The van der Waals surface area contributed by atoms with Gasteiger partial charge in [-0.15, -0.1) is 6.58 Å². The maximum absolute atomic E-state index is 5.84. The lowest BCUT2D eigenvalue weighted by atomic mass is 9.86. The van der Waals surface area contributed by atoms with Gasteiger partial charge in [-0.1, -0.05) is 47.9 Å². The van der Waals surface area contributed by atoms with Crippen LogP contribution in [0.2, 0.25) is 0 Å². The summed E-state index contributed by atoms with van der Waals surface area (Å²) in [7, 11) is 0. The molecule has 70 valence electrons. The minimum atomic E-state index is 0.188. The molecular formula is C10H17IO. The van der Waals surface area contributed by atoms with Crippen LogP contribution in [0.3, 0.4) is 0 Å². The van der Waals surface area contributed by atoms with Gasteiger partial charge in [0, 0.05) is 4.43 Å². The van der Waals surface area contributed by atoms with Gasteiger partial charge in [-0.05, 0) is 12.8 Å². The molecule has 0 heterocycles. The van der Waals surface area contributed by atoms with Crippen molar-refractivity contribution in [2.75, 3.05) is 11.0 Å². The summed E-state index contributed by atoms with van der Waals surface area (Å²) in [4.78, 5) is 0. The van der Waals surface area contributed by atoms with Gasteiger partial charge in [0.05, 0.1) is 12.2 Å². The standard InChI is InChI=1S/C10H17IO/c1-2-8-12-10(9-11)6-4-3-5-7-10/h2H,1,3-9H2. The molecule has 12 heavy (non-hydrogen) atoms. The topological polar surface area (TPSA) is 9.23 Å². The zero-order chi connectivity index (χ0) is 8.86. The van der Waals surface area contributed by atoms with Gasteiger partial charge in [-0.25, -0.2) is 0 Å². The summed E-state index contributed by atoms with van der Waals surface area (Å²) in [6, 6.07) is 0. The largest absolute Gasteiger partial charge is 0.370 e. The van der Waals surface area contributed by atoms with Crippen LogP contribution in [0.4, 0.5) is 0 Å². The molecule has 0 N–H and O–H groups in total. The molecule has 0 radical (unpaired) electrons. The molecule has 1 aliphatic rings. The van der Waals surface area contributed by atoms with E-state index in [0.717, 1.165) is 4.43 Å². The van der Waals surface area contributed by atoms with Crippen LogP contribution in [0.15, 0.2) is 12.7 Å². The average molecular weight is 280 g/mol. The van der Waals surface area contributed by atoms with Crippen molar-refractivity contribution in [2.45, 2.75) is 37.7 Å². The first-order chi connectivity index (χ1) is 5.83. The van der Waals surface area contributed by atoms with Gasteiger partial charge in [0.25, 0.3) is 0 Å². The lowest BCUT2D eigenvalue weighted by Crippen LogP contribution is -2.36. The number of rotatable bonds is 4. The molecule has 1 nitrogen and oxygen atoms in total. The quantitative estimate of drug-likeness (QED) is 0.436. The summed E-state index contributed by atoms with van der Waals surface area (Å²) in [5.41, 5.74) is 0.188. The second-order valence-corrected chi connectivity index (χ2v) is 4.24. The first-order valence-corrected chi connectivity index (χ1v) is 6.16. The van der Waals surface area contributed by atoms with E-state index in [-0.39, 0.29) is 5.60 Å². The van der Waals surface area contributed by atoms with Crippen LogP contribution in [0.25, 0.3) is 0 Å². The van der Waals surface area contributed by atoms with Crippen molar-refractivity contribution in [3.05, 3.63) is 12.7 Å². The number of hydrogen-bond acceptors (Lipinski definition) is 1. The lowest BCUT2D eigenvalue weighted by molar-refractivity contribution is -0.0361. The molecule has 1 saturated carbocycles. The molecule has 1 aliphatic carbocycles. The first-order valence-electron chi connectivity index (χ1n) is 4.64. The van der Waals surface area contributed by atoms with E-state index in [1.54, 1.807) is 0 Å². The average Bonchev–Trinajstić information content (AvgIpc) is 2.16. The van der Waals surface area contributed by atoms with Crippen molar-refractivity contribution in [1.29, 1.82) is 0 Å². The Labute approximate surface area is 88.7 Å². The highest BCUT2D eigenvalue weighted by Gasteiger charge is 2.31. The van der Waals surface area contributed by atoms with Crippen molar-refractivity contribution < 1.29 is 4.74 Å². The third-order valence-electron chi connectivity index (χ3n) is 2.52. The highest BCUT2D eigenvalue weighted by molar-refractivity contribution is 14.1. The molecule has 0 spiro atoms. The van der Waals surface area contributed by atoms with Crippen molar-refractivity contribution in [2.24, 2.45) is 0 Å². The summed E-state index contributed by atoms with van der Waals surface area (Å²) >= 11 is 2.44. The molecule has 0 unspecified atom stereocenters. The van der Waals surface area contributed by atoms with Crippen LogP contribution in [0, 0.1) is 0 Å². The molecule has 2 heteroatoms. The molecule has 0 saturated heterocycles. The lowest BCUT2D eigenvalue weighted by Gasteiger charge is -2.35. The van der Waals surface area contributed by atoms with Crippen LogP contribution in [0.1, 0.15) is 32.1 Å². The Bertz CT molecular complexity index is 139. The smallest absolute Gasteiger partial charge is 0.0775 e. The van der Waals surface area contributed by atoms with Gasteiger partial charge in [-0.2, -0.15) is 0 Å². The zero-order valence-electron chi connectivity index (χ0n) is 7.52. The van der Waals surface area contributed by atoms with E-state index < -0.39 is 0 Å². The van der Waals surface area contributed by atoms with E-state index in [0.29, 0.717) is 6.61 Å². The Morgan fingerprint density at radius 3 is 2.50 bits per heavy atom. The molecule has 0 amide bonds. The predicted octanol–water partition coefficient (Wildman–Crippen LogP) is 3.33. The Morgan fingerprint density at radius 1 is 1.33 bits per heavy atom. The van der Waals surface area contributed by atoms with Crippen molar-refractivity contribution >= 4 is 22.6 Å². The second-order valence-electron chi connectivity index (χ2n) is 3.48. The molecule has 0 aromatic heterocycles. The van der Waals surface area contributed by atoms with Crippen LogP contribution in [0.5, 0.6) is 0 Å². The monoisotopic (exact) mass is 280 g/mol. The molecule has 0 aliphatic heterocycles.